The van der Waals surface area contributed by atoms with Gasteiger partial charge in [0.05, 0.1) is 16.8 Å². The molecule has 1 fully saturated rings. The van der Waals surface area contributed by atoms with Crippen molar-refractivity contribution in [3.8, 4) is 11.3 Å². The van der Waals surface area contributed by atoms with Crippen LogP contribution in [-0.4, -0.2) is 34.1 Å². The maximum atomic E-state index is 6.59. The molecule has 0 unspecified atom stereocenters. The van der Waals surface area contributed by atoms with Crippen molar-refractivity contribution < 1.29 is 0 Å². The Morgan fingerprint density at radius 2 is 1.64 bits per heavy atom. The van der Waals surface area contributed by atoms with Crippen LogP contribution in [0, 0.1) is 0 Å². The van der Waals surface area contributed by atoms with Gasteiger partial charge in [0.2, 0.25) is 0 Å². The summed E-state index contributed by atoms with van der Waals surface area (Å²) in [6.45, 7) is 3.54. The van der Waals surface area contributed by atoms with Crippen LogP contribution in [-0.2, 0) is 6.54 Å². The molecule has 0 spiro atoms. The first kappa shape index (κ1) is 22.6. The Bertz CT molecular complexity index is 1210. The van der Waals surface area contributed by atoms with E-state index < -0.39 is 0 Å². The lowest BCUT2D eigenvalue weighted by Gasteiger charge is -2.43. The molecule has 0 aliphatic carbocycles. The minimum absolute atomic E-state index is 0.148. The van der Waals surface area contributed by atoms with Gasteiger partial charge in [-0.25, -0.2) is 0 Å². The summed E-state index contributed by atoms with van der Waals surface area (Å²) in [5, 5.41) is 8.16. The molecule has 5 rings (SSSR count). The van der Waals surface area contributed by atoms with E-state index in [0.717, 1.165) is 48.1 Å². The number of anilines is 1. The van der Waals surface area contributed by atoms with Gasteiger partial charge in [0.25, 0.3) is 0 Å². The predicted molar refractivity (Wildman–Crippen MR) is 139 cm³/mol. The Hall–Kier alpha value is -2.15. The van der Waals surface area contributed by atoms with E-state index in [4.69, 9.17) is 34.8 Å². The van der Waals surface area contributed by atoms with Crippen LogP contribution < -0.4 is 4.90 Å². The summed E-state index contributed by atoms with van der Waals surface area (Å²) in [4.78, 5) is 4.86. The van der Waals surface area contributed by atoms with Crippen molar-refractivity contribution in [2.24, 2.45) is 0 Å². The third-order valence-electron chi connectivity index (χ3n) is 5.95. The minimum atomic E-state index is 0.148. The van der Waals surface area contributed by atoms with Crippen LogP contribution in [0.4, 0.5) is 5.69 Å². The van der Waals surface area contributed by atoms with Gasteiger partial charge in [-0.2, -0.15) is 0 Å². The predicted octanol–water partition coefficient (Wildman–Crippen LogP) is 7.23. The molecule has 0 N–H and O–H groups in total. The molecule has 0 bridgehead atoms. The quantitative estimate of drug-likeness (QED) is 0.281. The molecular weight excluding hydrogens is 495 g/mol. The summed E-state index contributed by atoms with van der Waals surface area (Å²) in [7, 11) is 0. The lowest BCUT2D eigenvalue weighted by Crippen LogP contribution is -2.48. The molecule has 2 heterocycles. The summed E-state index contributed by atoms with van der Waals surface area (Å²) < 4.78 is 3.95. The van der Waals surface area contributed by atoms with E-state index in [1.165, 1.54) is 22.7 Å². The van der Waals surface area contributed by atoms with Crippen molar-refractivity contribution in [2.75, 3.05) is 24.5 Å². The maximum absolute atomic E-state index is 6.59. The Balaban J connectivity index is 1.37. The number of rotatable bonds is 5. The van der Waals surface area contributed by atoms with E-state index in [2.05, 4.69) is 55.8 Å². The first-order valence-electron chi connectivity index (χ1n) is 10.6. The average Bonchev–Trinajstić information content (AvgIpc) is 3.36. The second-order valence-corrected chi connectivity index (χ2v) is 9.97. The van der Waals surface area contributed by atoms with Crippen LogP contribution in [0.25, 0.3) is 11.3 Å². The van der Waals surface area contributed by atoms with Crippen molar-refractivity contribution in [1.82, 2.24) is 14.5 Å². The van der Waals surface area contributed by atoms with Crippen molar-refractivity contribution >= 4 is 52.0 Å². The molecule has 1 aliphatic heterocycles. The molecule has 0 amide bonds. The zero-order chi connectivity index (χ0) is 22.8. The van der Waals surface area contributed by atoms with E-state index in [1.807, 2.05) is 35.7 Å². The first-order valence-corrected chi connectivity index (χ1v) is 12.6. The van der Waals surface area contributed by atoms with E-state index in [1.54, 1.807) is 0 Å². The minimum Gasteiger partial charge on any atom is -0.361 e. The van der Waals surface area contributed by atoms with Gasteiger partial charge in [0, 0.05) is 47.2 Å². The van der Waals surface area contributed by atoms with Crippen LogP contribution >= 0.6 is 46.3 Å². The van der Waals surface area contributed by atoms with Gasteiger partial charge in [-0.3, -0.25) is 4.90 Å². The molecular formula is C25H21Cl3N4S. The number of hydrogen-bond donors (Lipinski definition) is 0. The molecule has 1 aromatic heterocycles. The van der Waals surface area contributed by atoms with Gasteiger partial charge in [0.15, 0.2) is 0 Å². The lowest BCUT2D eigenvalue weighted by atomic mass is 10.0. The molecule has 1 saturated heterocycles. The van der Waals surface area contributed by atoms with Crippen LogP contribution in [0.1, 0.15) is 17.2 Å². The smallest absolute Gasteiger partial charge is 0.105 e. The molecule has 33 heavy (non-hydrogen) atoms. The Kier molecular flexibility index (Phi) is 6.86. The number of piperazine rings is 1. The van der Waals surface area contributed by atoms with Gasteiger partial charge in [-0.15, -0.1) is 5.10 Å². The van der Waals surface area contributed by atoms with Crippen molar-refractivity contribution in [3.05, 3.63) is 98.3 Å². The monoisotopic (exact) mass is 514 g/mol. The number of aromatic nitrogens is 2. The van der Waals surface area contributed by atoms with Crippen LogP contribution in [0.3, 0.4) is 0 Å². The average molecular weight is 516 g/mol. The zero-order valence-electron chi connectivity index (χ0n) is 17.7. The molecule has 4 aromatic rings. The topological polar surface area (TPSA) is 32.3 Å². The number of benzene rings is 3. The molecule has 8 heteroatoms. The fourth-order valence-corrected chi connectivity index (χ4v) is 5.39. The highest BCUT2D eigenvalue weighted by Gasteiger charge is 2.29. The summed E-state index contributed by atoms with van der Waals surface area (Å²) in [5.41, 5.74) is 5.50. The van der Waals surface area contributed by atoms with Crippen molar-refractivity contribution in [3.63, 3.8) is 0 Å². The molecule has 1 aliphatic rings. The molecule has 1 atom stereocenters. The fourth-order valence-electron chi connectivity index (χ4n) is 4.29. The van der Waals surface area contributed by atoms with Crippen molar-refractivity contribution in [1.29, 1.82) is 0 Å². The Morgan fingerprint density at radius 1 is 0.879 bits per heavy atom. The standard InChI is InChI=1S/C25H21Cl3N4S/c26-20-7-5-19(6-8-20)25-15-31(11-12-32(25)24-10-9-21(27)13-22(24)28)14-17-1-3-18(4-2-17)23-16-33-30-29-23/h1-10,13,16,25H,11-12,14-15H2/t25-/m0/s1. The van der Waals surface area contributed by atoms with E-state index in [9.17, 15) is 0 Å². The third kappa shape index (κ3) is 5.18. The second-order valence-electron chi connectivity index (χ2n) is 8.08. The maximum Gasteiger partial charge on any atom is 0.105 e. The molecule has 3 aromatic carbocycles. The van der Waals surface area contributed by atoms with Gasteiger partial charge in [0.1, 0.15) is 5.69 Å². The van der Waals surface area contributed by atoms with Gasteiger partial charge >= 0.3 is 0 Å². The highest BCUT2D eigenvalue weighted by Crippen LogP contribution is 2.37. The number of halogens is 3. The summed E-state index contributed by atoms with van der Waals surface area (Å²) in [6, 6.07) is 22.5. The summed E-state index contributed by atoms with van der Waals surface area (Å²) >= 11 is 20.3. The molecule has 0 saturated carbocycles. The molecule has 168 valence electrons. The number of hydrogen-bond acceptors (Lipinski definition) is 5. The SMILES string of the molecule is Clc1ccc([C@@H]2CN(Cc3ccc(-c4csnn4)cc3)CCN2c2ccc(Cl)cc2Cl)cc1. The summed E-state index contributed by atoms with van der Waals surface area (Å²) in [6.07, 6.45) is 0. The highest BCUT2D eigenvalue weighted by molar-refractivity contribution is 7.03. The Morgan fingerprint density at radius 3 is 2.33 bits per heavy atom. The first-order chi connectivity index (χ1) is 16.1. The van der Waals surface area contributed by atoms with Crippen LogP contribution in [0.15, 0.2) is 72.1 Å². The largest absolute Gasteiger partial charge is 0.361 e. The van der Waals surface area contributed by atoms with Gasteiger partial charge in [-0.1, -0.05) is 75.7 Å². The number of nitrogens with zero attached hydrogens (tertiary/aromatic N) is 4. The van der Waals surface area contributed by atoms with E-state index >= 15 is 0 Å². The molecule has 4 nitrogen and oxygen atoms in total. The zero-order valence-corrected chi connectivity index (χ0v) is 20.7. The van der Waals surface area contributed by atoms with E-state index in [0.29, 0.717) is 10.0 Å². The summed E-state index contributed by atoms with van der Waals surface area (Å²) in [5.74, 6) is 0. The van der Waals surface area contributed by atoms with Gasteiger partial charge in [-0.05, 0) is 53.0 Å². The van der Waals surface area contributed by atoms with Gasteiger partial charge < -0.3 is 4.90 Å². The van der Waals surface area contributed by atoms with Crippen LogP contribution in [0.2, 0.25) is 15.1 Å². The van der Waals surface area contributed by atoms with E-state index in [-0.39, 0.29) is 6.04 Å². The van der Waals surface area contributed by atoms with Crippen molar-refractivity contribution in [2.45, 2.75) is 12.6 Å². The third-order valence-corrected chi connectivity index (χ3v) is 7.25. The van der Waals surface area contributed by atoms with Crippen LogP contribution in [0.5, 0.6) is 0 Å². The molecule has 0 radical (unpaired) electrons. The normalized spacial score (nSPS) is 16.8. The fraction of sp³-hybridized carbons (Fsp3) is 0.200. The second kappa shape index (κ2) is 10.00. The lowest BCUT2D eigenvalue weighted by molar-refractivity contribution is 0.215. The highest BCUT2D eigenvalue weighted by atomic mass is 35.5. The Labute approximate surface area is 212 Å².